The lowest BCUT2D eigenvalue weighted by atomic mass is 10.1. The molecule has 3 rings (SSSR count). The summed E-state index contributed by atoms with van der Waals surface area (Å²) >= 11 is 0. The lowest BCUT2D eigenvalue weighted by molar-refractivity contribution is -0.122. The second kappa shape index (κ2) is 7.52. The smallest absolute Gasteiger partial charge is 0.262 e. The molecule has 1 aliphatic heterocycles. The van der Waals surface area contributed by atoms with E-state index in [1.807, 2.05) is 30.3 Å². The highest BCUT2D eigenvalue weighted by atomic mass is 16.2. The molecule has 5 nitrogen and oxygen atoms in total. The first-order valence-corrected chi connectivity index (χ1v) is 8.89. The van der Waals surface area contributed by atoms with Gasteiger partial charge >= 0.3 is 0 Å². The van der Waals surface area contributed by atoms with Crippen LogP contribution < -0.4 is 4.90 Å². The van der Waals surface area contributed by atoms with E-state index in [9.17, 15) is 14.4 Å². The molecule has 0 N–H and O–H groups in total. The van der Waals surface area contributed by atoms with Crippen molar-refractivity contribution in [3.63, 3.8) is 0 Å². The molecule has 1 atom stereocenters. The third kappa shape index (κ3) is 3.12. The van der Waals surface area contributed by atoms with Crippen LogP contribution in [-0.4, -0.2) is 35.2 Å². The maximum absolute atomic E-state index is 13.2. The standard InChI is InChI=1S/C21H22N2O3/c1-3-4-14-22(16-10-6-5-7-11-16)19(24)15(2)23-20(25)17-12-8-9-13-18(17)21(23)26/h5-13,15H,3-4,14H2,1-2H3. The van der Waals surface area contributed by atoms with Crippen molar-refractivity contribution in [2.75, 3.05) is 11.4 Å². The monoisotopic (exact) mass is 350 g/mol. The van der Waals surface area contributed by atoms with Crippen molar-refractivity contribution < 1.29 is 14.4 Å². The first-order chi connectivity index (χ1) is 12.6. The molecule has 0 aliphatic carbocycles. The summed E-state index contributed by atoms with van der Waals surface area (Å²) < 4.78 is 0. The summed E-state index contributed by atoms with van der Waals surface area (Å²) in [7, 11) is 0. The van der Waals surface area contributed by atoms with Gasteiger partial charge in [-0.2, -0.15) is 0 Å². The molecule has 0 fully saturated rings. The predicted molar refractivity (Wildman–Crippen MR) is 100 cm³/mol. The van der Waals surface area contributed by atoms with Gasteiger partial charge in [0.05, 0.1) is 11.1 Å². The van der Waals surface area contributed by atoms with Crippen LogP contribution in [0.1, 0.15) is 47.4 Å². The topological polar surface area (TPSA) is 57.7 Å². The Bertz CT molecular complexity index is 797. The molecular weight excluding hydrogens is 328 g/mol. The summed E-state index contributed by atoms with van der Waals surface area (Å²) in [6, 6.07) is 15.2. The molecule has 0 spiro atoms. The van der Waals surface area contributed by atoms with Crippen molar-refractivity contribution in [3.05, 3.63) is 65.7 Å². The first-order valence-electron chi connectivity index (χ1n) is 8.89. The van der Waals surface area contributed by atoms with E-state index in [0.29, 0.717) is 17.7 Å². The zero-order valence-corrected chi connectivity index (χ0v) is 15.0. The Morgan fingerprint density at radius 3 is 2.04 bits per heavy atom. The minimum Gasteiger partial charge on any atom is -0.311 e. The molecule has 3 amide bonds. The molecular formula is C21H22N2O3. The summed E-state index contributed by atoms with van der Waals surface area (Å²) in [6.07, 6.45) is 1.79. The van der Waals surface area contributed by atoms with E-state index >= 15 is 0 Å². The molecule has 134 valence electrons. The number of carbonyl (C=O) groups is 3. The number of hydrogen-bond acceptors (Lipinski definition) is 3. The van der Waals surface area contributed by atoms with Crippen LogP contribution in [0, 0.1) is 0 Å². The first kappa shape index (κ1) is 17.9. The molecule has 1 unspecified atom stereocenters. The average molecular weight is 350 g/mol. The molecule has 0 aromatic heterocycles. The molecule has 2 aromatic carbocycles. The second-order valence-corrected chi connectivity index (χ2v) is 6.38. The van der Waals surface area contributed by atoms with E-state index in [4.69, 9.17) is 0 Å². The van der Waals surface area contributed by atoms with Gasteiger partial charge in [-0.25, -0.2) is 0 Å². The molecule has 5 heteroatoms. The van der Waals surface area contributed by atoms with Crippen LogP contribution in [0.2, 0.25) is 0 Å². The number of nitrogens with zero attached hydrogens (tertiary/aromatic N) is 2. The molecule has 2 aromatic rings. The predicted octanol–water partition coefficient (Wildman–Crippen LogP) is 3.50. The Labute approximate surface area is 153 Å². The van der Waals surface area contributed by atoms with Crippen LogP contribution in [0.15, 0.2) is 54.6 Å². The summed E-state index contributed by atoms with van der Waals surface area (Å²) in [5.41, 5.74) is 1.49. The van der Waals surface area contributed by atoms with Gasteiger partial charge in [0, 0.05) is 12.2 Å². The van der Waals surface area contributed by atoms with Gasteiger partial charge in [0.25, 0.3) is 11.8 Å². The van der Waals surface area contributed by atoms with Gasteiger partial charge in [-0.15, -0.1) is 0 Å². The number of rotatable bonds is 6. The normalized spacial score (nSPS) is 14.3. The maximum atomic E-state index is 13.2. The SMILES string of the molecule is CCCCN(C(=O)C(C)N1C(=O)c2ccccc2C1=O)c1ccccc1. The molecule has 0 saturated heterocycles. The number of unbranched alkanes of at least 4 members (excludes halogenated alkanes) is 1. The average Bonchev–Trinajstić information content (AvgIpc) is 2.93. The molecule has 0 bridgehead atoms. The van der Waals surface area contributed by atoms with Crippen molar-refractivity contribution in [3.8, 4) is 0 Å². The summed E-state index contributed by atoms with van der Waals surface area (Å²) in [4.78, 5) is 41.2. The van der Waals surface area contributed by atoms with Crippen molar-refractivity contribution in [2.24, 2.45) is 0 Å². The number of hydrogen-bond donors (Lipinski definition) is 0. The van der Waals surface area contributed by atoms with Crippen LogP contribution in [0.5, 0.6) is 0 Å². The minimum atomic E-state index is -0.862. The molecule has 0 saturated carbocycles. The Morgan fingerprint density at radius 2 is 1.50 bits per heavy atom. The largest absolute Gasteiger partial charge is 0.311 e. The zero-order chi connectivity index (χ0) is 18.7. The third-order valence-electron chi connectivity index (χ3n) is 4.64. The fraction of sp³-hybridized carbons (Fsp3) is 0.286. The van der Waals surface area contributed by atoms with Crippen LogP contribution in [0.3, 0.4) is 0 Å². The van der Waals surface area contributed by atoms with Gasteiger partial charge in [0.15, 0.2) is 0 Å². The number of carbonyl (C=O) groups excluding carboxylic acids is 3. The van der Waals surface area contributed by atoms with Crippen LogP contribution in [-0.2, 0) is 4.79 Å². The highest BCUT2D eigenvalue weighted by Gasteiger charge is 2.41. The van der Waals surface area contributed by atoms with Gasteiger partial charge in [-0.05, 0) is 37.6 Å². The quantitative estimate of drug-likeness (QED) is 0.749. The Kier molecular flexibility index (Phi) is 5.16. The van der Waals surface area contributed by atoms with Crippen LogP contribution >= 0.6 is 0 Å². The zero-order valence-electron chi connectivity index (χ0n) is 15.0. The summed E-state index contributed by atoms with van der Waals surface area (Å²) in [5.74, 6) is -1.07. The van der Waals surface area contributed by atoms with E-state index in [-0.39, 0.29) is 5.91 Å². The van der Waals surface area contributed by atoms with Gasteiger partial charge in [0.1, 0.15) is 6.04 Å². The number of amides is 3. The molecule has 0 radical (unpaired) electrons. The van der Waals surface area contributed by atoms with E-state index in [1.165, 1.54) is 0 Å². The Hall–Kier alpha value is -2.95. The summed E-state index contributed by atoms with van der Waals surface area (Å²) in [6.45, 7) is 4.22. The number of fused-ring (bicyclic) bond motifs is 1. The van der Waals surface area contributed by atoms with Crippen molar-refractivity contribution in [1.82, 2.24) is 4.90 Å². The van der Waals surface area contributed by atoms with Crippen molar-refractivity contribution in [1.29, 1.82) is 0 Å². The van der Waals surface area contributed by atoms with Gasteiger partial charge in [-0.1, -0.05) is 43.7 Å². The second-order valence-electron chi connectivity index (χ2n) is 6.38. The van der Waals surface area contributed by atoms with Gasteiger partial charge in [0.2, 0.25) is 5.91 Å². The van der Waals surface area contributed by atoms with Crippen LogP contribution in [0.25, 0.3) is 0 Å². The summed E-state index contributed by atoms with van der Waals surface area (Å²) in [5, 5.41) is 0. The fourth-order valence-electron chi connectivity index (χ4n) is 3.19. The van der Waals surface area contributed by atoms with Crippen molar-refractivity contribution >= 4 is 23.4 Å². The number of para-hydroxylation sites is 1. The van der Waals surface area contributed by atoms with E-state index < -0.39 is 17.9 Å². The maximum Gasteiger partial charge on any atom is 0.262 e. The Morgan fingerprint density at radius 1 is 0.962 bits per heavy atom. The lowest BCUT2D eigenvalue weighted by Crippen LogP contribution is -2.49. The van der Waals surface area contributed by atoms with E-state index in [2.05, 4.69) is 6.92 Å². The van der Waals surface area contributed by atoms with E-state index in [1.54, 1.807) is 36.1 Å². The van der Waals surface area contributed by atoms with E-state index in [0.717, 1.165) is 23.4 Å². The minimum absolute atomic E-state index is 0.251. The van der Waals surface area contributed by atoms with Gasteiger partial charge < -0.3 is 4.90 Å². The fourth-order valence-corrected chi connectivity index (χ4v) is 3.19. The third-order valence-corrected chi connectivity index (χ3v) is 4.64. The number of benzene rings is 2. The van der Waals surface area contributed by atoms with Crippen molar-refractivity contribution in [2.45, 2.75) is 32.7 Å². The van der Waals surface area contributed by atoms with Crippen LogP contribution in [0.4, 0.5) is 5.69 Å². The number of anilines is 1. The highest BCUT2D eigenvalue weighted by molar-refractivity contribution is 6.23. The number of imide groups is 1. The van der Waals surface area contributed by atoms with Gasteiger partial charge in [-0.3, -0.25) is 19.3 Å². The molecule has 1 heterocycles. The lowest BCUT2D eigenvalue weighted by Gasteiger charge is -2.29. The highest BCUT2D eigenvalue weighted by Crippen LogP contribution is 2.26. The Balaban J connectivity index is 1.88. The molecule has 26 heavy (non-hydrogen) atoms. The molecule has 1 aliphatic rings.